The second-order valence-corrected chi connectivity index (χ2v) is 10.4. The van der Waals surface area contributed by atoms with E-state index in [1.54, 1.807) is 28.4 Å². The Hall–Kier alpha value is -4.07. The molecule has 0 aliphatic carbocycles. The van der Waals surface area contributed by atoms with Crippen molar-refractivity contribution >= 4 is 58.3 Å². The van der Waals surface area contributed by atoms with Gasteiger partial charge in [0.1, 0.15) is 5.70 Å². The van der Waals surface area contributed by atoms with Gasteiger partial charge in [-0.25, -0.2) is 14.9 Å². The molecule has 5 aromatic rings. The number of nitrogens with one attached hydrogen (secondary N) is 1. The van der Waals surface area contributed by atoms with Gasteiger partial charge in [0.2, 0.25) is 5.95 Å². The Morgan fingerprint density at radius 1 is 0.811 bits per heavy atom. The molecule has 2 heterocycles. The van der Waals surface area contributed by atoms with Gasteiger partial charge in [-0.15, -0.1) is 11.8 Å². The minimum Gasteiger partial charge on any atom is -0.323 e. The number of benzene rings is 4. The third kappa shape index (κ3) is 4.83. The van der Waals surface area contributed by atoms with Crippen molar-refractivity contribution in [3.8, 4) is 0 Å². The van der Waals surface area contributed by atoms with E-state index in [9.17, 15) is 4.79 Å². The molecule has 4 aromatic carbocycles. The Morgan fingerprint density at radius 3 is 2.24 bits per heavy atom. The van der Waals surface area contributed by atoms with Gasteiger partial charge in [-0.1, -0.05) is 72.4 Å². The zero-order valence-electron chi connectivity index (χ0n) is 20.0. The molecule has 0 bridgehead atoms. The lowest BCUT2D eigenvalue weighted by Gasteiger charge is -2.15. The highest BCUT2D eigenvalue weighted by molar-refractivity contribution is 7.99. The van der Waals surface area contributed by atoms with E-state index in [0.29, 0.717) is 17.5 Å². The molecule has 1 N–H and O–H groups in total. The second-order valence-electron chi connectivity index (χ2n) is 8.40. The largest absolute Gasteiger partial charge is 0.323 e. The summed E-state index contributed by atoms with van der Waals surface area (Å²) in [5.41, 5.74) is 3.79. The molecule has 5 nitrogen and oxygen atoms in total. The Morgan fingerprint density at radius 2 is 1.51 bits per heavy atom. The minimum atomic E-state index is -0.217. The first-order chi connectivity index (χ1) is 18.2. The van der Waals surface area contributed by atoms with Crippen LogP contribution < -0.4 is 4.90 Å². The average molecular weight is 519 g/mol. The van der Waals surface area contributed by atoms with Gasteiger partial charge in [0.15, 0.2) is 5.84 Å². The number of aromatic nitrogens is 2. The zero-order chi connectivity index (χ0) is 25.2. The van der Waals surface area contributed by atoms with Gasteiger partial charge in [0.05, 0.1) is 11.0 Å². The molecule has 0 atom stereocenters. The number of imidazole rings is 1. The highest BCUT2D eigenvalue weighted by Crippen LogP contribution is 2.32. The highest BCUT2D eigenvalue weighted by atomic mass is 32.2. The maximum Gasteiger partial charge on any atom is 0.285 e. The molecule has 1 aromatic heterocycles. The maximum atomic E-state index is 13.7. The van der Waals surface area contributed by atoms with Crippen LogP contribution in [0.4, 0.5) is 5.95 Å². The molecule has 1 aliphatic heterocycles. The first-order valence-corrected chi connectivity index (χ1v) is 13.8. The van der Waals surface area contributed by atoms with Crippen LogP contribution in [0.15, 0.2) is 129 Å². The van der Waals surface area contributed by atoms with Crippen molar-refractivity contribution in [2.45, 2.75) is 14.7 Å². The summed E-state index contributed by atoms with van der Waals surface area (Å²) < 4.78 is 0. The molecule has 0 saturated carbocycles. The lowest BCUT2D eigenvalue weighted by molar-refractivity contribution is -0.113. The molecule has 0 spiro atoms. The predicted octanol–water partition coefficient (Wildman–Crippen LogP) is 7.27. The van der Waals surface area contributed by atoms with E-state index >= 15 is 0 Å². The molecule has 0 fully saturated rings. The molecule has 0 unspecified atom stereocenters. The maximum absolute atomic E-state index is 13.7. The Balaban J connectivity index is 1.38. The second kappa shape index (κ2) is 10.1. The molecule has 1 aliphatic rings. The number of aromatic amines is 1. The molecule has 0 radical (unpaired) electrons. The lowest BCUT2D eigenvalue weighted by Crippen LogP contribution is -2.33. The van der Waals surface area contributed by atoms with Crippen molar-refractivity contribution in [3.63, 3.8) is 0 Å². The van der Waals surface area contributed by atoms with Crippen LogP contribution in [0.25, 0.3) is 17.1 Å². The fourth-order valence-corrected chi connectivity index (χ4v) is 5.41. The smallest absolute Gasteiger partial charge is 0.285 e. The van der Waals surface area contributed by atoms with E-state index in [1.165, 1.54) is 4.90 Å². The Kier molecular flexibility index (Phi) is 6.39. The number of thioether (sulfide) groups is 1. The number of anilines is 1. The summed E-state index contributed by atoms with van der Waals surface area (Å²) in [4.78, 5) is 31.6. The van der Waals surface area contributed by atoms with Gasteiger partial charge < -0.3 is 4.98 Å². The summed E-state index contributed by atoms with van der Waals surface area (Å²) in [5.74, 6) is 0.784. The van der Waals surface area contributed by atoms with E-state index in [0.717, 1.165) is 32.0 Å². The quantitative estimate of drug-likeness (QED) is 0.190. The van der Waals surface area contributed by atoms with Crippen LogP contribution in [0.5, 0.6) is 0 Å². The average Bonchev–Trinajstić information content (AvgIpc) is 3.50. The van der Waals surface area contributed by atoms with Gasteiger partial charge >= 0.3 is 0 Å². The number of nitrogens with zero attached hydrogens (tertiary/aromatic N) is 3. The van der Waals surface area contributed by atoms with E-state index in [1.807, 2.05) is 97.3 Å². The third-order valence-corrected chi connectivity index (χ3v) is 7.68. The molecule has 0 saturated heterocycles. The van der Waals surface area contributed by atoms with Gasteiger partial charge in [0, 0.05) is 20.2 Å². The number of rotatable bonds is 6. The SMILES string of the molecule is CSc1ccc(C=C2N=C(c3ccccc3)N(c3nc4ccc(Sc5ccccc5)cc4[nH]3)C2=O)cc1. The summed E-state index contributed by atoms with van der Waals surface area (Å²) in [6.45, 7) is 0. The van der Waals surface area contributed by atoms with Crippen molar-refractivity contribution < 1.29 is 4.79 Å². The molecule has 37 heavy (non-hydrogen) atoms. The van der Waals surface area contributed by atoms with Crippen LogP contribution in [0, 0.1) is 0 Å². The molecule has 7 heteroatoms. The Labute approximate surface area is 223 Å². The van der Waals surface area contributed by atoms with Gasteiger partial charge in [-0.2, -0.15) is 0 Å². The number of carbonyl (C=O) groups excluding carboxylic acids is 1. The fraction of sp³-hybridized carbons (Fsp3) is 0.0333. The van der Waals surface area contributed by atoms with Crippen LogP contribution in [0.3, 0.4) is 0 Å². The summed E-state index contributed by atoms with van der Waals surface area (Å²) in [6.07, 6.45) is 3.87. The zero-order valence-corrected chi connectivity index (χ0v) is 21.6. The molecular formula is C30H22N4OS2. The van der Waals surface area contributed by atoms with Gasteiger partial charge in [-0.05, 0) is 60.4 Å². The number of fused-ring (bicyclic) bond motifs is 1. The summed E-state index contributed by atoms with van der Waals surface area (Å²) >= 11 is 3.37. The summed E-state index contributed by atoms with van der Waals surface area (Å²) in [7, 11) is 0. The van der Waals surface area contributed by atoms with Crippen LogP contribution in [0.1, 0.15) is 11.1 Å². The van der Waals surface area contributed by atoms with Gasteiger partial charge in [-0.3, -0.25) is 4.79 Å². The lowest BCUT2D eigenvalue weighted by atomic mass is 10.2. The number of hydrogen-bond acceptors (Lipinski definition) is 5. The van der Waals surface area contributed by atoms with E-state index in [-0.39, 0.29) is 5.91 Å². The highest BCUT2D eigenvalue weighted by Gasteiger charge is 2.34. The van der Waals surface area contributed by atoms with E-state index in [4.69, 9.17) is 9.98 Å². The van der Waals surface area contributed by atoms with Crippen LogP contribution >= 0.6 is 23.5 Å². The summed E-state index contributed by atoms with van der Waals surface area (Å²) in [5, 5.41) is 0. The number of aliphatic imine (C=N–C) groups is 1. The van der Waals surface area contributed by atoms with Crippen molar-refractivity contribution in [1.29, 1.82) is 0 Å². The number of amidine groups is 1. The van der Waals surface area contributed by atoms with Crippen molar-refractivity contribution in [2.75, 3.05) is 11.2 Å². The number of carbonyl (C=O) groups is 1. The minimum absolute atomic E-state index is 0.217. The molecular weight excluding hydrogens is 496 g/mol. The predicted molar refractivity (Wildman–Crippen MR) is 153 cm³/mol. The monoisotopic (exact) mass is 518 g/mol. The van der Waals surface area contributed by atoms with Crippen molar-refractivity contribution in [3.05, 3.63) is 120 Å². The molecule has 1 amide bonds. The molecule has 180 valence electrons. The number of amides is 1. The van der Waals surface area contributed by atoms with E-state index < -0.39 is 0 Å². The summed E-state index contributed by atoms with van der Waals surface area (Å²) in [6, 6.07) is 34.1. The first kappa shape index (κ1) is 23.3. The number of hydrogen-bond donors (Lipinski definition) is 1. The topological polar surface area (TPSA) is 61.4 Å². The standard InChI is InChI=1S/C30H22N4OS2/c1-36-22-14-12-20(13-15-22)18-27-29(35)34(28(31-27)21-8-4-2-5-9-21)30-32-25-17-16-24(19-26(25)33-30)37-23-10-6-3-7-11-23/h2-19H,1H3,(H,32,33). The van der Waals surface area contributed by atoms with Crippen LogP contribution in [-0.2, 0) is 4.79 Å². The number of H-pyrrole nitrogens is 1. The van der Waals surface area contributed by atoms with Crippen LogP contribution in [-0.4, -0.2) is 28.0 Å². The van der Waals surface area contributed by atoms with Gasteiger partial charge in [0.25, 0.3) is 5.91 Å². The van der Waals surface area contributed by atoms with Crippen molar-refractivity contribution in [2.24, 2.45) is 4.99 Å². The van der Waals surface area contributed by atoms with E-state index in [2.05, 4.69) is 23.2 Å². The normalized spacial score (nSPS) is 14.5. The third-order valence-electron chi connectivity index (χ3n) is 5.94. The first-order valence-electron chi connectivity index (χ1n) is 11.7. The Bertz CT molecular complexity index is 1640. The van der Waals surface area contributed by atoms with Crippen LogP contribution in [0.2, 0.25) is 0 Å². The molecule has 6 rings (SSSR count). The fourth-order valence-electron chi connectivity index (χ4n) is 4.12. The van der Waals surface area contributed by atoms with Crippen molar-refractivity contribution in [1.82, 2.24) is 9.97 Å².